The fourth-order valence-corrected chi connectivity index (χ4v) is 3.53. The first-order chi connectivity index (χ1) is 10.7. The van der Waals surface area contributed by atoms with Gasteiger partial charge >= 0.3 is 5.97 Å². The number of fused-ring (bicyclic) bond motifs is 3. The third kappa shape index (κ3) is 3.54. The van der Waals surface area contributed by atoms with Gasteiger partial charge in [0.05, 0.1) is 5.92 Å². The summed E-state index contributed by atoms with van der Waals surface area (Å²) in [5, 5.41) is 14.0. The number of hydrogen-bond donors (Lipinski definition) is 3. The van der Waals surface area contributed by atoms with Gasteiger partial charge in [-0.25, -0.2) is 0 Å². The third-order valence-corrected chi connectivity index (χ3v) is 4.69. The molecule has 1 aliphatic rings. The van der Waals surface area contributed by atoms with E-state index in [-0.39, 0.29) is 18.4 Å². The lowest BCUT2D eigenvalue weighted by Crippen LogP contribution is -2.36. The third-order valence-electron chi connectivity index (χ3n) is 4.69. The fourth-order valence-electron chi connectivity index (χ4n) is 3.53. The minimum absolute atomic E-state index is 0. The highest BCUT2D eigenvalue weighted by atomic mass is 35.5. The standard InChI is InChI=1S/C18H24N2O2.ClH/c1-2-3-4-5-10-15-17-16(13(11-19-15)18(21)22)12-8-6-7-9-14(12)20-17;/h6-9,13,15,19-20H,2-5,10-11H2,1H3,(H,21,22);1H. The molecule has 2 heterocycles. The van der Waals surface area contributed by atoms with Gasteiger partial charge in [-0.2, -0.15) is 0 Å². The molecular weight excluding hydrogens is 312 g/mol. The average molecular weight is 337 g/mol. The predicted molar refractivity (Wildman–Crippen MR) is 95.4 cm³/mol. The van der Waals surface area contributed by atoms with Gasteiger partial charge in [0.1, 0.15) is 0 Å². The van der Waals surface area contributed by atoms with Crippen molar-refractivity contribution in [3.63, 3.8) is 0 Å². The Morgan fingerprint density at radius 2 is 2.04 bits per heavy atom. The Labute approximate surface area is 143 Å². The quantitative estimate of drug-likeness (QED) is 0.686. The molecular formula is C18H25ClN2O2. The molecule has 0 aliphatic carbocycles. The first-order valence-corrected chi connectivity index (χ1v) is 8.29. The number of hydrogen-bond acceptors (Lipinski definition) is 2. The first-order valence-electron chi connectivity index (χ1n) is 8.29. The Bertz CT molecular complexity index is 668. The summed E-state index contributed by atoms with van der Waals surface area (Å²) in [6, 6.07) is 8.27. The number of carbonyl (C=O) groups is 1. The van der Waals surface area contributed by atoms with Crippen molar-refractivity contribution in [1.29, 1.82) is 0 Å². The van der Waals surface area contributed by atoms with Gasteiger partial charge < -0.3 is 15.4 Å². The second-order valence-electron chi connectivity index (χ2n) is 6.20. The van der Waals surface area contributed by atoms with E-state index in [2.05, 4.69) is 17.2 Å². The van der Waals surface area contributed by atoms with E-state index < -0.39 is 11.9 Å². The van der Waals surface area contributed by atoms with Crippen molar-refractivity contribution in [2.45, 2.75) is 51.0 Å². The predicted octanol–water partition coefficient (Wildman–Crippen LogP) is 4.37. The van der Waals surface area contributed by atoms with Gasteiger partial charge in [-0.15, -0.1) is 12.4 Å². The average Bonchev–Trinajstić information content (AvgIpc) is 2.91. The van der Waals surface area contributed by atoms with Crippen LogP contribution < -0.4 is 5.32 Å². The molecule has 23 heavy (non-hydrogen) atoms. The molecule has 0 saturated heterocycles. The number of H-pyrrole nitrogens is 1. The molecule has 0 amide bonds. The van der Waals surface area contributed by atoms with E-state index in [0.29, 0.717) is 6.54 Å². The highest BCUT2D eigenvalue weighted by Crippen LogP contribution is 2.37. The van der Waals surface area contributed by atoms with E-state index in [0.717, 1.165) is 28.6 Å². The van der Waals surface area contributed by atoms with Gasteiger partial charge in [0.2, 0.25) is 0 Å². The Kier molecular flexibility index (Phi) is 6.08. The van der Waals surface area contributed by atoms with E-state index in [1.54, 1.807) is 0 Å². The number of carboxylic acids is 1. The molecule has 4 nitrogen and oxygen atoms in total. The Morgan fingerprint density at radius 1 is 1.26 bits per heavy atom. The van der Waals surface area contributed by atoms with E-state index in [1.807, 2.05) is 24.3 Å². The Balaban J connectivity index is 0.00000192. The van der Waals surface area contributed by atoms with Crippen LogP contribution >= 0.6 is 12.4 Å². The second-order valence-corrected chi connectivity index (χ2v) is 6.20. The number of unbranched alkanes of at least 4 members (excludes halogenated alkanes) is 3. The number of benzene rings is 1. The van der Waals surface area contributed by atoms with Crippen LogP contribution in [0.25, 0.3) is 10.9 Å². The van der Waals surface area contributed by atoms with Crippen LogP contribution in [0.4, 0.5) is 0 Å². The number of aromatic amines is 1. The van der Waals surface area contributed by atoms with Crippen LogP contribution in [0.2, 0.25) is 0 Å². The van der Waals surface area contributed by atoms with E-state index in [9.17, 15) is 9.90 Å². The number of carboxylic acid groups (broad SMARTS) is 1. The van der Waals surface area contributed by atoms with Crippen molar-refractivity contribution in [3.8, 4) is 0 Å². The minimum Gasteiger partial charge on any atom is -0.481 e. The highest BCUT2D eigenvalue weighted by molar-refractivity contribution is 5.91. The van der Waals surface area contributed by atoms with E-state index in [4.69, 9.17) is 0 Å². The van der Waals surface area contributed by atoms with Crippen molar-refractivity contribution in [3.05, 3.63) is 35.5 Å². The molecule has 0 spiro atoms. The zero-order valence-electron chi connectivity index (χ0n) is 13.5. The maximum Gasteiger partial charge on any atom is 0.312 e. The summed E-state index contributed by atoms with van der Waals surface area (Å²) < 4.78 is 0. The number of aliphatic carboxylic acids is 1. The van der Waals surface area contributed by atoms with Gasteiger partial charge in [0.25, 0.3) is 0 Å². The smallest absolute Gasteiger partial charge is 0.312 e. The molecule has 126 valence electrons. The lowest BCUT2D eigenvalue weighted by molar-refractivity contribution is -0.138. The zero-order valence-corrected chi connectivity index (χ0v) is 14.3. The summed E-state index contributed by atoms with van der Waals surface area (Å²) in [4.78, 5) is 15.1. The lowest BCUT2D eigenvalue weighted by atomic mass is 9.88. The molecule has 5 heteroatoms. The topological polar surface area (TPSA) is 65.1 Å². The molecule has 3 rings (SSSR count). The van der Waals surface area contributed by atoms with Crippen LogP contribution in [0, 0.1) is 0 Å². The number of aromatic nitrogens is 1. The number of para-hydroxylation sites is 1. The van der Waals surface area contributed by atoms with Crippen LogP contribution in [0.1, 0.15) is 62.2 Å². The highest BCUT2D eigenvalue weighted by Gasteiger charge is 2.34. The van der Waals surface area contributed by atoms with Crippen LogP contribution in [0.5, 0.6) is 0 Å². The second kappa shape index (κ2) is 7.84. The maximum absolute atomic E-state index is 11.6. The molecule has 1 aromatic heterocycles. The molecule has 0 fully saturated rings. The first kappa shape index (κ1) is 17.8. The molecule has 1 aromatic carbocycles. The summed E-state index contributed by atoms with van der Waals surface area (Å²) in [6.45, 7) is 2.73. The van der Waals surface area contributed by atoms with Crippen molar-refractivity contribution in [2.75, 3.05) is 6.54 Å². The molecule has 2 aromatic rings. The molecule has 0 radical (unpaired) electrons. The summed E-state index contributed by atoms with van der Waals surface area (Å²) in [5.74, 6) is -1.21. The van der Waals surface area contributed by atoms with Crippen molar-refractivity contribution < 1.29 is 9.90 Å². The summed E-state index contributed by atoms with van der Waals surface area (Å²) in [7, 11) is 0. The van der Waals surface area contributed by atoms with Crippen LogP contribution in [0.3, 0.4) is 0 Å². The van der Waals surface area contributed by atoms with Gasteiger partial charge in [0.15, 0.2) is 0 Å². The molecule has 3 N–H and O–H groups in total. The summed E-state index contributed by atoms with van der Waals surface area (Å²) in [5.41, 5.74) is 3.11. The Hall–Kier alpha value is -1.52. The van der Waals surface area contributed by atoms with E-state index >= 15 is 0 Å². The fraction of sp³-hybridized carbons (Fsp3) is 0.500. The summed E-state index contributed by atoms with van der Waals surface area (Å²) in [6.07, 6.45) is 5.98. The number of rotatable bonds is 6. The zero-order chi connectivity index (χ0) is 15.5. The summed E-state index contributed by atoms with van der Waals surface area (Å²) >= 11 is 0. The number of nitrogens with one attached hydrogen (secondary N) is 2. The van der Waals surface area contributed by atoms with Crippen molar-refractivity contribution in [2.24, 2.45) is 0 Å². The molecule has 2 unspecified atom stereocenters. The van der Waals surface area contributed by atoms with Crippen LogP contribution in [-0.2, 0) is 4.79 Å². The van der Waals surface area contributed by atoms with Crippen LogP contribution in [0.15, 0.2) is 24.3 Å². The van der Waals surface area contributed by atoms with Crippen LogP contribution in [-0.4, -0.2) is 22.6 Å². The van der Waals surface area contributed by atoms with Gasteiger partial charge in [0, 0.05) is 29.2 Å². The number of halogens is 1. The Morgan fingerprint density at radius 3 is 2.78 bits per heavy atom. The largest absolute Gasteiger partial charge is 0.481 e. The normalized spacial score (nSPS) is 20.0. The molecule has 2 atom stereocenters. The van der Waals surface area contributed by atoms with Crippen molar-refractivity contribution in [1.82, 2.24) is 10.3 Å². The van der Waals surface area contributed by atoms with Crippen molar-refractivity contribution >= 4 is 29.3 Å². The van der Waals surface area contributed by atoms with E-state index in [1.165, 1.54) is 25.7 Å². The molecule has 0 saturated carbocycles. The van der Waals surface area contributed by atoms with Gasteiger partial charge in [-0.3, -0.25) is 4.79 Å². The van der Waals surface area contributed by atoms with Gasteiger partial charge in [-0.1, -0.05) is 50.8 Å². The molecule has 0 bridgehead atoms. The van der Waals surface area contributed by atoms with Gasteiger partial charge in [-0.05, 0) is 18.1 Å². The SMILES string of the molecule is CCCCCCC1NCC(C(=O)O)c2c1[nH]c1ccccc21.Cl. The minimum atomic E-state index is -0.747. The maximum atomic E-state index is 11.6. The molecule has 1 aliphatic heterocycles. The monoisotopic (exact) mass is 336 g/mol. The lowest BCUT2D eigenvalue weighted by Gasteiger charge is -2.28.